The number of benzene rings is 3. The summed E-state index contributed by atoms with van der Waals surface area (Å²) in [5, 5.41) is 10.6. The van der Waals surface area contributed by atoms with E-state index < -0.39 is 6.10 Å². The lowest BCUT2D eigenvalue weighted by Crippen LogP contribution is -2.48. The average molecular weight is 447 g/mol. The molecule has 0 bridgehead atoms. The van der Waals surface area contributed by atoms with Crippen molar-refractivity contribution in [3.8, 4) is 28.4 Å². The SMILES string of the molecule is OC(COc1ccccc1-c1ccccc1)CN1CCN(Cc2ccc3c(c2)OCO3)CC1. The van der Waals surface area contributed by atoms with Crippen molar-refractivity contribution >= 4 is 0 Å². The van der Waals surface area contributed by atoms with Crippen LogP contribution in [0.2, 0.25) is 0 Å². The number of hydrogen-bond donors (Lipinski definition) is 1. The van der Waals surface area contributed by atoms with Gasteiger partial charge in [-0.25, -0.2) is 0 Å². The number of ether oxygens (including phenoxy) is 3. The Kier molecular flexibility index (Phi) is 6.76. The monoisotopic (exact) mass is 446 g/mol. The molecule has 1 N–H and O–H groups in total. The molecule has 3 aromatic rings. The topological polar surface area (TPSA) is 54.4 Å². The number of piperazine rings is 1. The molecular weight excluding hydrogens is 416 g/mol. The molecule has 2 aliphatic rings. The van der Waals surface area contributed by atoms with Crippen LogP contribution in [0, 0.1) is 0 Å². The number of para-hydroxylation sites is 1. The number of fused-ring (bicyclic) bond motifs is 1. The maximum atomic E-state index is 10.6. The second-order valence-corrected chi connectivity index (χ2v) is 8.59. The Hall–Kier alpha value is -3.06. The van der Waals surface area contributed by atoms with Gasteiger partial charge in [0.05, 0.1) is 0 Å². The largest absolute Gasteiger partial charge is 0.490 e. The molecular formula is C27H30N2O4. The molecule has 6 nitrogen and oxygen atoms in total. The smallest absolute Gasteiger partial charge is 0.231 e. The Morgan fingerprint density at radius 1 is 0.818 bits per heavy atom. The molecule has 3 aromatic carbocycles. The number of β-amino-alcohol motifs (C(OH)–C–C–N with tert-alkyl or cyclic N) is 1. The van der Waals surface area contributed by atoms with E-state index in [0.717, 1.165) is 61.1 Å². The highest BCUT2D eigenvalue weighted by atomic mass is 16.7. The summed E-state index contributed by atoms with van der Waals surface area (Å²) in [5.74, 6) is 2.46. The molecule has 172 valence electrons. The summed E-state index contributed by atoms with van der Waals surface area (Å²) in [4.78, 5) is 4.75. The van der Waals surface area contributed by atoms with E-state index in [1.54, 1.807) is 0 Å². The van der Waals surface area contributed by atoms with E-state index >= 15 is 0 Å². The summed E-state index contributed by atoms with van der Waals surface area (Å²) in [6.45, 7) is 5.91. The first-order valence-corrected chi connectivity index (χ1v) is 11.5. The fraction of sp³-hybridized carbons (Fsp3) is 0.333. The van der Waals surface area contributed by atoms with Gasteiger partial charge in [-0.3, -0.25) is 9.80 Å². The van der Waals surface area contributed by atoms with Crippen molar-refractivity contribution in [2.24, 2.45) is 0 Å². The summed E-state index contributed by atoms with van der Waals surface area (Å²) in [5.41, 5.74) is 3.39. The number of aliphatic hydroxyl groups is 1. The lowest BCUT2D eigenvalue weighted by molar-refractivity contribution is 0.0447. The van der Waals surface area contributed by atoms with Crippen molar-refractivity contribution < 1.29 is 19.3 Å². The zero-order valence-corrected chi connectivity index (χ0v) is 18.7. The standard InChI is InChI=1S/C27H30N2O4/c30-23(19-31-25-9-5-4-8-24(25)22-6-2-1-3-7-22)18-29-14-12-28(13-15-29)17-21-10-11-26-27(16-21)33-20-32-26/h1-11,16,23,30H,12-15,17-20H2. The second kappa shape index (κ2) is 10.3. The van der Waals surface area contributed by atoms with Crippen molar-refractivity contribution in [1.29, 1.82) is 0 Å². The summed E-state index contributed by atoms with van der Waals surface area (Å²) in [6, 6.07) is 24.3. The van der Waals surface area contributed by atoms with Crippen LogP contribution in [0.3, 0.4) is 0 Å². The molecule has 0 saturated carbocycles. The molecule has 1 saturated heterocycles. The highest BCUT2D eigenvalue weighted by molar-refractivity contribution is 5.70. The quantitative estimate of drug-likeness (QED) is 0.570. The molecule has 2 heterocycles. The van der Waals surface area contributed by atoms with Crippen LogP contribution in [0.25, 0.3) is 11.1 Å². The first kappa shape index (κ1) is 21.8. The van der Waals surface area contributed by atoms with Crippen LogP contribution >= 0.6 is 0 Å². The van der Waals surface area contributed by atoms with Gasteiger partial charge in [0.15, 0.2) is 11.5 Å². The van der Waals surface area contributed by atoms with Crippen LogP contribution in [0.5, 0.6) is 17.2 Å². The van der Waals surface area contributed by atoms with Crippen LogP contribution in [0.4, 0.5) is 0 Å². The minimum Gasteiger partial charge on any atom is -0.490 e. The van der Waals surface area contributed by atoms with Gasteiger partial charge in [-0.05, 0) is 29.3 Å². The highest BCUT2D eigenvalue weighted by Gasteiger charge is 2.21. The van der Waals surface area contributed by atoms with E-state index in [2.05, 4.69) is 40.1 Å². The summed E-state index contributed by atoms with van der Waals surface area (Å²) >= 11 is 0. The zero-order chi connectivity index (χ0) is 22.5. The molecule has 2 aliphatic heterocycles. The Balaban J connectivity index is 1.08. The van der Waals surface area contributed by atoms with Crippen LogP contribution in [-0.2, 0) is 6.54 Å². The predicted molar refractivity (Wildman–Crippen MR) is 128 cm³/mol. The van der Waals surface area contributed by atoms with Gasteiger partial charge in [0.2, 0.25) is 6.79 Å². The third-order valence-electron chi connectivity index (χ3n) is 6.18. The Bertz CT molecular complexity index is 1050. The number of hydrogen-bond acceptors (Lipinski definition) is 6. The molecule has 1 fully saturated rings. The number of aliphatic hydroxyl groups excluding tert-OH is 1. The normalized spacial score (nSPS) is 17.1. The van der Waals surface area contributed by atoms with E-state index in [1.807, 2.05) is 42.5 Å². The maximum Gasteiger partial charge on any atom is 0.231 e. The fourth-order valence-electron chi connectivity index (χ4n) is 4.41. The van der Waals surface area contributed by atoms with Crippen LogP contribution in [0.1, 0.15) is 5.56 Å². The van der Waals surface area contributed by atoms with Crippen LogP contribution < -0.4 is 14.2 Å². The number of nitrogens with zero attached hydrogens (tertiary/aromatic N) is 2. The molecule has 6 heteroatoms. The lowest BCUT2D eigenvalue weighted by Gasteiger charge is -2.35. The Morgan fingerprint density at radius 3 is 2.39 bits per heavy atom. The fourth-order valence-corrected chi connectivity index (χ4v) is 4.41. The van der Waals surface area contributed by atoms with Gasteiger partial charge in [-0.1, -0.05) is 54.6 Å². The minimum atomic E-state index is -0.533. The van der Waals surface area contributed by atoms with Gasteiger partial charge in [0.25, 0.3) is 0 Å². The van der Waals surface area contributed by atoms with Crippen LogP contribution in [-0.4, -0.2) is 67.1 Å². The van der Waals surface area contributed by atoms with E-state index in [1.165, 1.54) is 5.56 Å². The van der Waals surface area contributed by atoms with Gasteiger partial charge in [-0.2, -0.15) is 0 Å². The molecule has 1 atom stereocenters. The number of rotatable bonds is 8. The molecule has 0 radical (unpaired) electrons. The maximum absolute atomic E-state index is 10.6. The van der Waals surface area contributed by atoms with Crippen molar-refractivity contribution in [2.75, 3.05) is 46.1 Å². The lowest BCUT2D eigenvalue weighted by atomic mass is 10.1. The minimum absolute atomic E-state index is 0.279. The van der Waals surface area contributed by atoms with Crippen molar-refractivity contribution in [3.05, 3.63) is 78.4 Å². The predicted octanol–water partition coefficient (Wildman–Crippen LogP) is 3.64. The first-order valence-electron chi connectivity index (χ1n) is 11.5. The molecule has 33 heavy (non-hydrogen) atoms. The zero-order valence-electron chi connectivity index (χ0n) is 18.7. The van der Waals surface area contributed by atoms with Crippen molar-refractivity contribution in [2.45, 2.75) is 12.6 Å². The average Bonchev–Trinajstić information content (AvgIpc) is 3.33. The summed E-state index contributed by atoms with van der Waals surface area (Å²) < 4.78 is 16.9. The molecule has 0 spiro atoms. The van der Waals surface area contributed by atoms with Gasteiger partial charge in [0.1, 0.15) is 18.5 Å². The highest BCUT2D eigenvalue weighted by Crippen LogP contribution is 2.33. The van der Waals surface area contributed by atoms with E-state index in [-0.39, 0.29) is 6.61 Å². The summed E-state index contributed by atoms with van der Waals surface area (Å²) in [6.07, 6.45) is -0.533. The first-order chi connectivity index (χ1) is 16.2. The van der Waals surface area contributed by atoms with E-state index in [0.29, 0.717) is 13.3 Å². The third-order valence-corrected chi connectivity index (χ3v) is 6.18. The third kappa shape index (κ3) is 5.47. The molecule has 0 aliphatic carbocycles. The molecule has 1 unspecified atom stereocenters. The van der Waals surface area contributed by atoms with Gasteiger partial charge < -0.3 is 19.3 Å². The van der Waals surface area contributed by atoms with Gasteiger partial charge in [0, 0.05) is 44.8 Å². The summed E-state index contributed by atoms with van der Waals surface area (Å²) in [7, 11) is 0. The van der Waals surface area contributed by atoms with E-state index in [4.69, 9.17) is 14.2 Å². The Morgan fingerprint density at radius 2 is 1.55 bits per heavy atom. The van der Waals surface area contributed by atoms with Crippen molar-refractivity contribution in [1.82, 2.24) is 9.80 Å². The molecule has 0 amide bonds. The molecule has 5 rings (SSSR count). The van der Waals surface area contributed by atoms with Gasteiger partial charge >= 0.3 is 0 Å². The Labute approximate surface area is 194 Å². The molecule has 0 aromatic heterocycles. The second-order valence-electron chi connectivity index (χ2n) is 8.59. The van der Waals surface area contributed by atoms with Gasteiger partial charge in [-0.15, -0.1) is 0 Å². The van der Waals surface area contributed by atoms with E-state index in [9.17, 15) is 5.11 Å². The van der Waals surface area contributed by atoms with Crippen LogP contribution in [0.15, 0.2) is 72.8 Å². The van der Waals surface area contributed by atoms with Crippen molar-refractivity contribution in [3.63, 3.8) is 0 Å².